The average Bonchev–Trinajstić information content (AvgIpc) is 1.61. The van der Waals surface area contributed by atoms with E-state index in [9.17, 15) is 63.6 Å². The predicted octanol–water partition coefficient (Wildman–Crippen LogP) is 22.9. The molecule has 6 aliphatic rings. The molecule has 57 heteroatoms. The molecule has 17 unspecified atom stereocenters. The topological polar surface area (TPSA) is 366 Å². The second kappa shape index (κ2) is 63.8. The van der Waals surface area contributed by atoms with Crippen LogP contribution in [0.25, 0.3) is 0 Å². The number of benzene rings is 4. The summed E-state index contributed by atoms with van der Waals surface area (Å²) in [4.78, 5) is 111. The molecule has 0 aliphatic carbocycles. The Balaban J connectivity index is 0.000000350. The maximum atomic E-state index is 12.8. The normalized spacial score (nSPS) is 25.9. The molecule has 0 aromatic heterocycles. The van der Waals surface area contributed by atoms with Crippen LogP contribution in [0.1, 0.15) is 133 Å². The molecule has 2 amide bonds. The van der Waals surface area contributed by atoms with Crippen molar-refractivity contribution in [2.75, 3.05) is 13.2 Å². The number of esters is 4. The number of hydrogen-bond acceptors (Lipinski definition) is 25. The summed E-state index contributed by atoms with van der Waals surface area (Å²) < 4.78 is 56.4. The Morgan fingerprint density at radius 2 is 0.955 bits per heavy atom. The Hall–Kier alpha value is 2.92. The van der Waals surface area contributed by atoms with Gasteiger partial charge < -0.3 is 106 Å². The van der Waals surface area contributed by atoms with E-state index in [0.29, 0.717) is 28.9 Å². The van der Waals surface area contributed by atoms with E-state index < -0.39 is 133 Å². The van der Waals surface area contributed by atoms with E-state index >= 15 is 0 Å². The van der Waals surface area contributed by atoms with Crippen LogP contribution in [0, 0.1) is 47.4 Å². The zero-order valence-electron chi connectivity index (χ0n) is 73.8. The van der Waals surface area contributed by atoms with Crippen molar-refractivity contribution in [2.24, 2.45) is 11.8 Å². The number of nitrogens with one attached hydrogen (secondary N) is 1. The van der Waals surface area contributed by atoms with Crippen molar-refractivity contribution in [1.82, 2.24) is 14.9 Å². The van der Waals surface area contributed by atoms with Crippen molar-refractivity contribution in [1.29, 1.82) is 0 Å². The molecular weight excluding hydrogens is 2280 g/mol. The molecule has 4 fully saturated rings. The first-order chi connectivity index (χ1) is 62.5. The van der Waals surface area contributed by atoms with E-state index in [1.54, 1.807) is 138 Å². The Kier molecular flexibility index (Phi) is 61.5. The molecule has 10 rings (SSSR count). The van der Waals surface area contributed by atoms with Crippen molar-refractivity contribution in [3.63, 3.8) is 0 Å². The summed E-state index contributed by atoms with van der Waals surface area (Å²) in [5.41, 5.74) is -4.41. The lowest BCUT2D eigenvalue weighted by atomic mass is 9.86. The Bertz CT molecular complexity index is 4720. The summed E-state index contributed by atoms with van der Waals surface area (Å²) in [6.45, 7) is 13.5. The number of allylic oxidation sites excluding steroid dienone is 2. The minimum Gasteiger partial charge on any atom is -0.553 e. The molecule has 6 heterocycles. The number of ketones is 3. The van der Waals surface area contributed by atoms with Gasteiger partial charge in [0, 0.05) is 24.2 Å². The highest BCUT2D eigenvalue weighted by Gasteiger charge is 2.61. The minimum absolute atomic E-state index is 0. The third kappa shape index (κ3) is 38.1. The van der Waals surface area contributed by atoms with Crippen LogP contribution in [0.5, 0.6) is 5.75 Å². The molecule has 0 saturated carbocycles. The monoisotopic (exact) mass is 2400 g/mol. The molecule has 27 nitrogen and oxygen atoms in total. The molecule has 4 saturated heterocycles. The number of amides is 2. The Morgan fingerprint density at radius 1 is 0.560 bits per heavy atom. The first kappa shape index (κ1) is 129. The van der Waals surface area contributed by atoms with Gasteiger partial charge in [-0.3, -0.25) is 38.6 Å². The lowest BCUT2D eigenvalue weighted by molar-refractivity contribution is -0.156. The van der Waals surface area contributed by atoms with Gasteiger partial charge in [-0.25, -0.2) is 26.5 Å². The van der Waals surface area contributed by atoms with Gasteiger partial charge in [0.25, 0.3) is 12.6 Å². The van der Waals surface area contributed by atoms with E-state index in [1.165, 1.54) is 38.4 Å². The second-order valence-corrected chi connectivity index (χ2v) is 136. The van der Waals surface area contributed by atoms with Crippen LogP contribution in [0.15, 0.2) is 146 Å². The summed E-state index contributed by atoms with van der Waals surface area (Å²) in [6.07, 6.45) is -5.66. The fourth-order valence-corrected chi connectivity index (χ4v) is 299. The van der Waals surface area contributed by atoms with Crippen molar-refractivity contribution in [3.05, 3.63) is 163 Å². The van der Waals surface area contributed by atoms with Crippen LogP contribution in [-0.2, 0) is 83.0 Å². The SMILES string of the molecule is C.CC#C[C@@]1(O)[C@H](O)[C@@H](CO)O[C@H]1N1C=CC(=O)CC1=O.CC#C[C@@]1(O)[C@H](O)[C@@H](COP(=S)(N[C@@H](C)C(=O)OC(C)C)Oc2ccccc2)O[C@H]1N1C=CC(=O)CC1=O.CC#C[C@]1(OC(=O)c2ccccc2)[C@@H](OC(=O)c2ccccc2)O[C@H](CC)[C@H]1C.CC[C@H]1O[C@H](OC(=O)c2ccccc2)C(=O)[C@@H]1C.[PH-]P(P)P(P(P)P)P(P(P)P)P(P)P.[PH-]P([PH-])P(P(P)P)P(P(P)P)P(P)P. The van der Waals surface area contributed by atoms with Gasteiger partial charge in [0.15, 0.2) is 35.2 Å². The molecule has 33 atom stereocenters. The maximum Gasteiger partial charge on any atom is 0.340 e. The summed E-state index contributed by atoms with van der Waals surface area (Å²) in [7, 11) is 50.8. The number of carbonyl (C=O) groups is 9. The quantitative estimate of drug-likeness (QED) is 0.00928. The zero-order chi connectivity index (χ0) is 99.9. The highest BCUT2D eigenvalue weighted by Crippen LogP contribution is 3.23. The van der Waals surface area contributed by atoms with E-state index in [0.717, 1.165) is 16.2 Å². The maximum absolute atomic E-state index is 12.8. The summed E-state index contributed by atoms with van der Waals surface area (Å²) in [5, 5.41) is 54.8. The number of para-hydroxylation sites is 1. The molecule has 4 aromatic carbocycles. The summed E-state index contributed by atoms with van der Waals surface area (Å²) >= 11 is 5.67. The third-order valence-corrected chi connectivity index (χ3v) is 176. The highest BCUT2D eigenvalue weighted by atomic mass is 33.3. The fraction of sp³-hybridized carbons (Fsp3) is 0.442. The van der Waals surface area contributed by atoms with Crippen LogP contribution in [0.4, 0.5) is 0 Å². The highest BCUT2D eigenvalue weighted by molar-refractivity contribution is 9.28. The predicted molar refractivity (Wildman–Crippen MR) is 620 cm³/mol. The summed E-state index contributed by atoms with van der Waals surface area (Å²) in [6, 6.07) is 33.5. The van der Waals surface area contributed by atoms with Crippen LogP contribution < -0.4 is 9.61 Å². The molecule has 134 heavy (non-hydrogen) atoms. The van der Waals surface area contributed by atoms with Gasteiger partial charge in [-0.1, -0.05) is 127 Å². The van der Waals surface area contributed by atoms with Gasteiger partial charge in [-0.15, -0.1) is 134 Å². The van der Waals surface area contributed by atoms with Crippen LogP contribution in [0.2, 0.25) is 0 Å². The lowest BCUT2D eigenvalue weighted by Gasteiger charge is -2.48. The number of hydrogen-bond donors (Lipinski definition) is 6. The Morgan fingerprint density at radius 3 is 1.31 bits per heavy atom. The van der Waals surface area contributed by atoms with Crippen LogP contribution in [-0.4, -0.2) is 192 Å². The first-order valence-electron chi connectivity index (χ1n) is 39.7. The minimum atomic E-state index is -3.47. The van der Waals surface area contributed by atoms with Crippen LogP contribution >= 0.6 is 233 Å². The largest absolute Gasteiger partial charge is 0.553 e. The average molecular weight is 2400 g/mol. The number of ether oxygens (including phenoxy) is 8. The smallest absolute Gasteiger partial charge is 0.340 e. The number of nitrogens with zero attached hydrogens (tertiary/aromatic N) is 2. The zero-order valence-corrected chi connectivity index (χ0v) is 104. The lowest BCUT2D eigenvalue weighted by Crippen LogP contribution is -2.55. The van der Waals surface area contributed by atoms with Crippen molar-refractivity contribution < 1.29 is 116 Å². The van der Waals surface area contributed by atoms with Gasteiger partial charge in [-0.05, 0) is 196 Å². The van der Waals surface area contributed by atoms with Gasteiger partial charge >= 0.3 is 30.5 Å². The summed E-state index contributed by atoms with van der Waals surface area (Å²) in [5.74, 6) is 11.3. The molecule has 0 radical (unpaired) electrons. The number of aliphatic hydroxyl groups excluding tert-OH is 3. The number of rotatable bonds is 30. The van der Waals surface area contributed by atoms with E-state index in [4.69, 9.17) is 63.9 Å². The number of Topliss-reactive ketones (excluding diaryl/α,β-unsaturated/α-hetero) is 1. The van der Waals surface area contributed by atoms with E-state index in [1.807, 2.05) is 39.0 Å². The van der Waals surface area contributed by atoms with Crippen molar-refractivity contribution in [2.45, 2.75) is 193 Å². The molecule has 0 bridgehead atoms. The van der Waals surface area contributed by atoms with Gasteiger partial charge in [0.2, 0.25) is 23.2 Å². The number of carbonyl (C=O) groups excluding carboxylic acids is 9. The first-order valence-corrected chi connectivity index (χ1v) is 90.6. The molecule has 4 aromatic rings. The molecule has 6 N–H and O–H groups in total. The molecule has 6 aliphatic heterocycles. The number of aliphatic hydroxyl groups is 5. The van der Waals surface area contributed by atoms with E-state index in [2.05, 4.69) is 183 Å². The third-order valence-electron chi connectivity index (χ3n) is 19.0. The van der Waals surface area contributed by atoms with Crippen molar-refractivity contribution in [3.8, 4) is 41.3 Å². The van der Waals surface area contributed by atoms with Gasteiger partial charge in [-0.2, -0.15) is 0 Å². The van der Waals surface area contributed by atoms with Crippen LogP contribution in [0.3, 0.4) is 0 Å². The fourth-order valence-electron chi connectivity index (χ4n) is 12.7. The van der Waals surface area contributed by atoms with Gasteiger partial charge in [0.05, 0.1) is 61.1 Å². The molecule has 0 spiro atoms. The Labute approximate surface area is 843 Å². The molecule has 740 valence electrons. The van der Waals surface area contributed by atoms with Gasteiger partial charge in [0.1, 0.15) is 36.2 Å². The standard InChI is InChI=1S/C25H31N2O9PS.C24H24O5.C14H16O4.C13H15NO6.CH4.H15P14.H14P14/c1-5-12-25(32)22(30)20(35-24(25)27-13-11-18(28)14-21(27)29)15-33-37(38,36-19-9-7-6-8-10-19)26-17(4)23(31)34-16(2)3;1-4-16-24(29-22(26)19-14-10-7-11-15-19)17(3)20(5-2)27-23(24)28-21(25)18-12-8-6-9-13-18;1-3-11-9(2)12(15)14(17-11)18-13(16)10-7-5-4-6-8-10;1-2-4-13(19)11(18)9(7-15)20-12(13)14-5-3-8(16)6-10(14)17;;2*1-9(2)13(10(3)4)14(11(5)6)12(7)8/h6-11,13,16-17,20,22,24,30,32H,14-15H2,1-4H3,(H,26,38);6-15,17,20,23H,5H2,1-3H3;4-9,11,14H,3H2,1-2H3;3,5,9,11-12,15,18-19H,6-7H2,1H3;1H4;1H,2-8H2;1-2H,3-8H2/q;;;;;-1;-2/t17-,20+,22+,24+,25+,37?;17-,20-,23-,24-;9-,11-,14-;9-,11-,12-,13-;;;/m0111.../s1. The second-order valence-electron chi connectivity index (χ2n) is 28.9. The van der Waals surface area contributed by atoms with Crippen molar-refractivity contribution >= 4 is 298 Å². The van der Waals surface area contributed by atoms with E-state index in [-0.39, 0.29) is 146 Å². The molecular formula is C77H119N3O24P29S-3.